The van der Waals surface area contributed by atoms with E-state index < -0.39 is 5.91 Å². The maximum absolute atomic E-state index is 10.7. The zero-order valence-corrected chi connectivity index (χ0v) is 18.1. The number of halogens is 1. The summed E-state index contributed by atoms with van der Waals surface area (Å²) in [5, 5.41) is 3.32. The fourth-order valence-electron chi connectivity index (χ4n) is 2.25. The van der Waals surface area contributed by atoms with E-state index in [4.69, 9.17) is 10.5 Å². The van der Waals surface area contributed by atoms with Crippen molar-refractivity contribution in [2.24, 2.45) is 10.7 Å². The van der Waals surface area contributed by atoms with Gasteiger partial charge in [-0.1, -0.05) is 18.2 Å². The molecule has 0 aliphatic rings. The van der Waals surface area contributed by atoms with E-state index in [0.29, 0.717) is 12.3 Å². The van der Waals surface area contributed by atoms with Gasteiger partial charge in [-0.2, -0.15) is 0 Å². The lowest BCUT2D eigenvalue weighted by Gasteiger charge is -2.21. The summed E-state index contributed by atoms with van der Waals surface area (Å²) < 4.78 is 5.25. The maximum Gasteiger partial charge on any atom is 0.255 e. The van der Waals surface area contributed by atoms with E-state index in [1.54, 1.807) is 0 Å². The molecule has 3 N–H and O–H groups in total. The van der Waals surface area contributed by atoms with Crippen molar-refractivity contribution in [3.05, 3.63) is 42.5 Å². The molecule has 0 saturated heterocycles. The Kier molecular flexibility index (Phi) is 13.4. The number of nitrogens with one attached hydrogen (secondary N) is 1. The Labute approximate surface area is 173 Å². The molecule has 0 spiro atoms. The van der Waals surface area contributed by atoms with Gasteiger partial charge in [0.1, 0.15) is 5.75 Å². The van der Waals surface area contributed by atoms with Gasteiger partial charge in [-0.3, -0.25) is 9.79 Å². The van der Waals surface area contributed by atoms with Crippen LogP contribution in [0.2, 0.25) is 0 Å². The van der Waals surface area contributed by atoms with Crippen LogP contribution in [0.25, 0.3) is 0 Å². The second-order valence-corrected chi connectivity index (χ2v) is 5.74. The predicted octanol–water partition coefficient (Wildman–Crippen LogP) is 2.57. The van der Waals surface area contributed by atoms with Crippen molar-refractivity contribution in [3.63, 3.8) is 0 Å². The summed E-state index contributed by atoms with van der Waals surface area (Å²) in [6.45, 7) is 8.21. The highest BCUT2D eigenvalue weighted by molar-refractivity contribution is 14.0. The monoisotopic (exact) mass is 474 g/mol. The van der Waals surface area contributed by atoms with Crippen LogP contribution in [0, 0.1) is 0 Å². The lowest BCUT2D eigenvalue weighted by molar-refractivity contribution is -0.119. The van der Waals surface area contributed by atoms with Crippen LogP contribution in [0.1, 0.15) is 25.3 Å². The zero-order valence-electron chi connectivity index (χ0n) is 15.7. The van der Waals surface area contributed by atoms with E-state index in [2.05, 4.69) is 35.8 Å². The second-order valence-electron chi connectivity index (χ2n) is 5.74. The third-order valence-corrected chi connectivity index (χ3v) is 3.56. The van der Waals surface area contributed by atoms with Crippen LogP contribution < -0.4 is 15.8 Å². The first-order valence-electron chi connectivity index (χ1n) is 8.67. The van der Waals surface area contributed by atoms with E-state index in [-0.39, 0.29) is 30.6 Å². The van der Waals surface area contributed by atoms with Gasteiger partial charge in [0.25, 0.3) is 5.91 Å². The van der Waals surface area contributed by atoms with Crippen molar-refractivity contribution >= 4 is 35.8 Å². The summed E-state index contributed by atoms with van der Waals surface area (Å²) in [6.07, 6.45) is 4.85. The smallest absolute Gasteiger partial charge is 0.255 e. The molecule has 0 atom stereocenters. The highest BCUT2D eigenvalue weighted by Gasteiger charge is 2.04. The average molecular weight is 474 g/mol. The highest BCUT2D eigenvalue weighted by Crippen LogP contribution is 2.12. The molecule has 0 aromatic heterocycles. The number of benzene rings is 1. The molecular weight excluding hydrogens is 443 g/mol. The number of primary amides is 1. The summed E-state index contributed by atoms with van der Waals surface area (Å²) >= 11 is 0. The number of aliphatic imine (C=N–C) groups is 1. The minimum absolute atomic E-state index is 0. The van der Waals surface area contributed by atoms with Gasteiger partial charge in [-0.25, -0.2) is 0 Å². The number of ether oxygens (including phenoxy) is 1. The van der Waals surface area contributed by atoms with E-state index in [9.17, 15) is 4.79 Å². The van der Waals surface area contributed by atoms with Crippen LogP contribution in [-0.2, 0) is 11.2 Å². The summed E-state index contributed by atoms with van der Waals surface area (Å²) in [6, 6.07) is 7.64. The number of hydrogen-bond acceptors (Lipinski definition) is 3. The van der Waals surface area contributed by atoms with Crippen molar-refractivity contribution < 1.29 is 9.53 Å². The molecule has 0 fully saturated rings. The Morgan fingerprint density at radius 2 is 2.08 bits per heavy atom. The molecule has 1 amide bonds. The number of amides is 1. The van der Waals surface area contributed by atoms with Crippen molar-refractivity contribution in [1.29, 1.82) is 0 Å². The van der Waals surface area contributed by atoms with E-state index >= 15 is 0 Å². The largest absolute Gasteiger partial charge is 0.484 e. The van der Waals surface area contributed by atoms with E-state index in [1.165, 1.54) is 5.56 Å². The molecule has 0 bridgehead atoms. The number of unbranched alkanes of at least 4 members (excludes halogenated alkanes) is 1. The Bertz CT molecular complexity index is 561. The molecule has 0 radical (unpaired) electrons. The number of allylic oxidation sites excluding steroid dienone is 1. The van der Waals surface area contributed by atoms with Crippen LogP contribution in [0.3, 0.4) is 0 Å². The maximum atomic E-state index is 10.7. The Balaban J connectivity index is 0.00000625. The van der Waals surface area contributed by atoms with Crippen LogP contribution in [0.4, 0.5) is 0 Å². The Morgan fingerprint density at radius 3 is 2.65 bits per heavy atom. The quantitative estimate of drug-likeness (QED) is 0.170. The van der Waals surface area contributed by atoms with Gasteiger partial charge in [-0.05, 0) is 43.9 Å². The van der Waals surface area contributed by atoms with Crippen LogP contribution >= 0.6 is 24.0 Å². The summed E-state index contributed by atoms with van der Waals surface area (Å²) in [5.41, 5.74) is 6.23. The van der Waals surface area contributed by atoms with Crippen molar-refractivity contribution in [2.75, 3.05) is 33.3 Å². The normalized spacial score (nSPS) is 10.6. The number of nitrogens with two attached hydrogens (primary N) is 1. The first kappa shape index (κ1) is 24.2. The number of carbonyl (C=O) groups excluding carboxylic acids is 1. The van der Waals surface area contributed by atoms with Crippen molar-refractivity contribution in [3.8, 4) is 5.75 Å². The summed E-state index contributed by atoms with van der Waals surface area (Å²) in [5.74, 6) is 1.08. The van der Waals surface area contributed by atoms with Crippen molar-refractivity contribution in [1.82, 2.24) is 10.2 Å². The van der Waals surface area contributed by atoms with Gasteiger partial charge >= 0.3 is 0 Å². The molecule has 0 unspecified atom stereocenters. The molecule has 1 rings (SSSR count). The minimum Gasteiger partial charge on any atom is -0.484 e. The molecule has 0 heterocycles. The molecule has 26 heavy (non-hydrogen) atoms. The fourth-order valence-corrected chi connectivity index (χ4v) is 2.25. The molecule has 0 aliphatic carbocycles. The molecule has 1 aromatic rings. The van der Waals surface area contributed by atoms with E-state index in [1.807, 2.05) is 30.3 Å². The predicted molar refractivity (Wildman–Crippen MR) is 118 cm³/mol. The van der Waals surface area contributed by atoms with Crippen LogP contribution in [-0.4, -0.2) is 50.1 Å². The molecule has 0 saturated carbocycles. The standard InChI is InChI=1S/C19H30N4O2.HI/c1-4-6-7-14-23(3)19(21-5-2)22-13-12-16-8-10-17(11-9-16)25-15-18(20)24;/h4,8-11H,1,5-7,12-15H2,2-3H3,(H2,20,24)(H,21,22);1H. The van der Waals surface area contributed by atoms with Gasteiger partial charge in [-0.15, -0.1) is 30.6 Å². The first-order valence-corrected chi connectivity index (χ1v) is 8.67. The SMILES string of the molecule is C=CCCCN(C)C(=NCCc1ccc(OCC(N)=O)cc1)NCC.I. The Morgan fingerprint density at radius 1 is 1.38 bits per heavy atom. The number of guanidine groups is 1. The minimum atomic E-state index is -0.480. The third-order valence-electron chi connectivity index (χ3n) is 3.56. The van der Waals surface area contributed by atoms with Crippen LogP contribution in [0.15, 0.2) is 41.9 Å². The number of rotatable bonds is 11. The lowest BCUT2D eigenvalue weighted by Crippen LogP contribution is -2.39. The second kappa shape index (κ2) is 14.4. The van der Waals surface area contributed by atoms with Crippen LogP contribution in [0.5, 0.6) is 5.75 Å². The van der Waals surface area contributed by atoms with Gasteiger partial charge in [0, 0.05) is 26.7 Å². The summed E-state index contributed by atoms with van der Waals surface area (Å²) in [7, 11) is 2.05. The first-order chi connectivity index (χ1) is 12.1. The fraction of sp³-hybridized carbons (Fsp3) is 0.474. The Hall–Kier alpha value is -1.77. The number of nitrogens with zero attached hydrogens (tertiary/aromatic N) is 2. The molecule has 146 valence electrons. The third kappa shape index (κ3) is 10.3. The lowest BCUT2D eigenvalue weighted by atomic mass is 10.1. The number of hydrogen-bond donors (Lipinski definition) is 2. The number of carbonyl (C=O) groups is 1. The molecule has 6 nitrogen and oxygen atoms in total. The van der Waals surface area contributed by atoms with Gasteiger partial charge in [0.05, 0.1) is 0 Å². The molecule has 1 aromatic carbocycles. The van der Waals surface area contributed by atoms with E-state index in [0.717, 1.165) is 38.3 Å². The molecule has 7 heteroatoms. The van der Waals surface area contributed by atoms with Gasteiger partial charge < -0.3 is 20.7 Å². The zero-order chi connectivity index (χ0) is 18.5. The van der Waals surface area contributed by atoms with Gasteiger partial charge in [0.2, 0.25) is 0 Å². The van der Waals surface area contributed by atoms with Gasteiger partial charge in [0.15, 0.2) is 12.6 Å². The average Bonchev–Trinajstić information content (AvgIpc) is 2.60. The molecule has 0 aliphatic heterocycles. The summed E-state index contributed by atoms with van der Waals surface area (Å²) in [4.78, 5) is 17.5. The molecular formula is C19H31IN4O2. The highest BCUT2D eigenvalue weighted by atomic mass is 127. The topological polar surface area (TPSA) is 79.9 Å². The van der Waals surface area contributed by atoms with Crippen molar-refractivity contribution in [2.45, 2.75) is 26.2 Å².